The van der Waals surface area contributed by atoms with Gasteiger partial charge in [-0.15, -0.1) is 0 Å². The summed E-state index contributed by atoms with van der Waals surface area (Å²) in [6, 6.07) is 1.71. The van der Waals surface area contributed by atoms with Crippen LogP contribution in [0, 0.1) is 5.82 Å². The molecule has 1 aromatic carbocycles. The highest BCUT2D eigenvalue weighted by Crippen LogP contribution is 2.40. The lowest BCUT2D eigenvalue weighted by Gasteiger charge is -2.32. The first-order valence-corrected chi connectivity index (χ1v) is 7.14. The lowest BCUT2D eigenvalue weighted by Crippen LogP contribution is -2.44. The fourth-order valence-corrected chi connectivity index (χ4v) is 2.86. The van der Waals surface area contributed by atoms with Crippen LogP contribution in [0.2, 0.25) is 0 Å². The number of alkyl halides is 3. The van der Waals surface area contributed by atoms with Gasteiger partial charge in [0.05, 0.1) is 23.8 Å². The molecule has 1 saturated heterocycles. The van der Waals surface area contributed by atoms with Crippen molar-refractivity contribution in [3.05, 3.63) is 34.6 Å². The maximum atomic E-state index is 13.6. The highest BCUT2D eigenvalue weighted by Gasteiger charge is 2.41. The van der Waals surface area contributed by atoms with Crippen molar-refractivity contribution < 1.29 is 22.3 Å². The number of rotatable bonds is 0. The number of hydrogen-bond donors (Lipinski definition) is 1. The summed E-state index contributed by atoms with van der Waals surface area (Å²) < 4.78 is 57.3. The number of halogens is 4. The monoisotopic (exact) mass is 305 g/mol. The van der Waals surface area contributed by atoms with Gasteiger partial charge in [0.15, 0.2) is 0 Å². The van der Waals surface area contributed by atoms with E-state index in [9.17, 15) is 17.6 Å². The number of fused-ring (bicyclic) bond motifs is 3. The van der Waals surface area contributed by atoms with Crippen molar-refractivity contribution >= 4 is 0 Å². The zero-order valence-electron chi connectivity index (χ0n) is 12.2. The summed E-state index contributed by atoms with van der Waals surface area (Å²) in [6.07, 6.45) is -4.46. The minimum Gasteiger partial charge on any atom is -0.372 e. The second-order valence-corrected chi connectivity index (χ2v) is 5.10. The van der Waals surface area contributed by atoms with Crippen LogP contribution in [0.4, 0.5) is 17.6 Å². The summed E-state index contributed by atoms with van der Waals surface area (Å²) in [5.74, 6) is -1.22. The van der Waals surface area contributed by atoms with E-state index in [1.165, 1.54) is 0 Å². The lowest BCUT2D eigenvalue weighted by atomic mass is 10.0. The molecule has 1 aliphatic heterocycles. The van der Waals surface area contributed by atoms with E-state index in [-0.39, 0.29) is 18.2 Å². The molecule has 0 aromatic heterocycles. The molecule has 1 heterocycles. The maximum Gasteiger partial charge on any atom is 0.419 e. The molecule has 6 heteroatoms. The predicted octanol–water partition coefficient (Wildman–Crippen LogP) is 3.84. The zero-order chi connectivity index (χ0) is 15.8. The van der Waals surface area contributed by atoms with Gasteiger partial charge in [0, 0.05) is 13.0 Å². The van der Waals surface area contributed by atoms with E-state index >= 15 is 0 Å². The largest absolute Gasteiger partial charge is 0.419 e. The van der Waals surface area contributed by atoms with Gasteiger partial charge in [-0.3, -0.25) is 0 Å². The molecule has 1 aliphatic carbocycles. The van der Waals surface area contributed by atoms with Crippen LogP contribution in [-0.4, -0.2) is 18.8 Å². The Bertz CT molecular complexity index is 515. The number of ether oxygens (including phenoxy) is 1. The Morgan fingerprint density at radius 1 is 1.24 bits per heavy atom. The summed E-state index contributed by atoms with van der Waals surface area (Å²) in [5, 5.41) is 3.20. The molecule has 2 nitrogen and oxygen atoms in total. The average molecular weight is 305 g/mol. The average Bonchev–Trinajstić information content (AvgIpc) is 2.75. The van der Waals surface area contributed by atoms with E-state index in [0.29, 0.717) is 24.1 Å². The summed E-state index contributed by atoms with van der Waals surface area (Å²) >= 11 is 0. The smallest absolute Gasteiger partial charge is 0.372 e. The normalized spacial score (nSPS) is 27.5. The highest BCUT2D eigenvalue weighted by atomic mass is 19.4. The van der Waals surface area contributed by atoms with Crippen LogP contribution in [0.5, 0.6) is 0 Å². The Morgan fingerprint density at radius 3 is 2.52 bits per heavy atom. The molecule has 0 saturated carbocycles. The van der Waals surface area contributed by atoms with Crippen LogP contribution in [0.15, 0.2) is 12.1 Å². The molecule has 0 bridgehead atoms. The molecular formula is C15H19F4NO. The standard InChI is InChI=1S/C13H13F4NO.C2H6/c1-6-5-18-12-8-4-10(14)9(13(15,16)17)2-7(8)3-11(12)19-6;1-2/h2,4,6,11-12,18H,3,5H2,1H3;1-2H3. The zero-order valence-corrected chi connectivity index (χ0v) is 12.2. The van der Waals surface area contributed by atoms with E-state index in [0.717, 1.165) is 12.1 Å². The molecule has 118 valence electrons. The minimum atomic E-state index is -4.66. The van der Waals surface area contributed by atoms with Crippen molar-refractivity contribution in [2.24, 2.45) is 0 Å². The topological polar surface area (TPSA) is 21.3 Å². The third-order valence-electron chi connectivity index (χ3n) is 3.69. The van der Waals surface area contributed by atoms with Gasteiger partial charge in [-0.05, 0) is 30.2 Å². The molecule has 2 aliphatic rings. The van der Waals surface area contributed by atoms with Crippen LogP contribution in [0.1, 0.15) is 43.5 Å². The fraction of sp³-hybridized carbons (Fsp3) is 0.600. The van der Waals surface area contributed by atoms with E-state index in [2.05, 4.69) is 5.32 Å². The second-order valence-electron chi connectivity index (χ2n) is 5.10. The summed E-state index contributed by atoms with van der Waals surface area (Å²) in [5.41, 5.74) is -0.0920. The first-order valence-electron chi connectivity index (χ1n) is 7.14. The van der Waals surface area contributed by atoms with Gasteiger partial charge in [-0.25, -0.2) is 4.39 Å². The minimum absolute atomic E-state index is 0.0162. The van der Waals surface area contributed by atoms with Gasteiger partial charge < -0.3 is 10.1 Å². The third kappa shape index (κ3) is 3.06. The Morgan fingerprint density at radius 2 is 1.90 bits per heavy atom. The van der Waals surface area contributed by atoms with Crippen molar-refractivity contribution in [3.63, 3.8) is 0 Å². The molecule has 0 spiro atoms. The molecule has 3 atom stereocenters. The van der Waals surface area contributed by atoms with Crippen LogP contribution in [0.25, 0.3) is 0 Å². The van der Waals surface area contributed by atoms with Crippen molar-refractivity contribution in [1.82, 2.24) is 5.32 Å². The van der Waals surface area contributed by atoms with Crippen molar-refractivity contribution in [1.29, 1.82) is 0 Å². The first kappa shape index (κ1) is 16.2. The van der Waals surface area contributed by atoms with Crippen molar-refractivity contribution in [2.45, 2.75) is 51.6 Å². The lowest BCUT2D eigenvalue weighted by molar-refractivity contribution is -0.140. The molecule has 3 unspecified atom stereocenters. The van der Waals surface area contributed by atoms with Crippen molar-refractivity contribution in [2.75, 3.05) is 6.54 Å². The molecule has 21 heavy (non-hydrogen) atoms. The van der Waals surface area contributed by atoms with E-state index in [1.807, 2.05) is 20.8 Å². The molecule has 1 N–H and O–H groups in total. The van der Waals surface area contributed by atoms with Crippen LogP contribution in [-0.2, 0) is 17.3 Å². The molecule has 0 radical (unpaired) electrons. The summed E-state index contributed by atoms with van der Waals surface area (Å²) in [4.78, 5) is 0. The second kappa shape index (κ2) is 5.93. The number of benzene rings is 1. The molecule has 1 aromatic rings. The van der Waals surface area contributed by atoms with Gasteiger partial charge >= 0.3 is 6.18 Å². The van der Waals surface area contributed by atoms with E-state index < -0.39 is 17.6 Å². The van der Waals surface area contributed by atoms with Gasteiger partial charge in [0.1, 0.15) is 5.82 Å². The Balaban J connectivity index is 0.000000774. The molecule has 3 rings (SSSR count). The van der Waals surface area contributed by atoms with Gasteiger partial charge in [0.2, 0.25) is 0 Å². The van der Waals surface area contributed by atoms with Gasteiger partial charge in [-0.1, -0.05) is 13.8 Å². The number of hydrogen-bond acceptors (Lipinski definition) is 2. The Kier molecular flexibility index (Phi) is 4.58. The van der Waals surface area contributed by atoms with Gasteiger partial charge in [0.25, 0.3) is 0 Å². The summed E-state index contributed by atoms with van der Waals surface area (Å²) in [6.45, 7) is 6.51. The highest BCUT2D eigenvalue weighted by molar-refractivity contribution is 5.41. The Hall–Kier alpha value is -1.14. The maximum absolute atomic E-state index is 13.6. The number of morpholine rings is 1. The fourth-order valence-electron chi connectivity index (χ4n) is 2.86. The molecule has 1 fully saturated rings. The Labute approximate surface area is 121 Å². The predicted molar refractivity (Wildman–Crippen MR) is 71.5 cm³/mol. The third-order valence-corrected chi connectivity index (χ3v) is 3.69. The van der Waals surface area contributed by atoms with Crippen LogP contribution >= 0.6 is 0 Å². The number of nitrogens with one attached hydrogen (secondary N) is 1. The van der Waals surface area contributed by atoms with Gasteiger partial charge in [-0.2, -0.15) is 13.2 Å². The first-order chi connectivity index (χ1) is 9.86. The van der Waals surface area contributed by atoms with Crippen LogP contribution < -0.4 is 5.32 Å². The van der Waals surface area contributed by atoms with E-state index in [4.69, 9.17) is 4.74 Å². The van der Waals surface area contributed by atoms with Crippen LogP contribution in [0.3, 0.4) is 0 Å². The SMILES string of the molecule is CC.CC1CNC2c3cc(F)c(C(F)(F)F)cc3CC2O1. The van der Waals surface area contributed by atoms with Crippen molar-refractivity contribution in [3.8, 4) is 0 Å². The quantitative estimate of drug-likeness (QED) is 0.735. The van der Waals surface area contributed by atoms with E-state index in [1.54, 1.807) is 0 Å². The molecule has 0 amide bonds. The molecular weight excluding hydrogens is 286 g/mol. The summed E-state index contributed by atoms with van der Waals surface area (Å²) in [7, 11) is 0.